The molecule has 0 aliphatic carbocycles. The Hall–Kier alpha value is -2.86. The first-order valence-corrected chi connectivity index (χ1v) is 11.0. The molecule has 2 aliphatic rings. The highest BCUT2D eigenvalue weighted by atomic mass is 16.5. The van der Waals surface area contributed by atoms with E-state index in [1.54, 1.807) is 0 Å². The lowest BCUT2D eigenvalue weighted by Crippen LogP contribution is -2.49. The number of nitrogens with zero attached hydrogens (tertiary/aromatic N) is 3. The number of ether oxygens (including phenoxy) is 1. The molecule has 0 saturated carbocycles. The van der Waals surface area contributed by atoms with Crippen molar-refractivity contribution in [3.05, 3.63) is 59.2 Å². The van der Waals surface area contributed by atoms with E-state index in [0.717, 1.165) is 12.2 Å². The molecular weight excluding hydrogens is 390 g/mol. The number of benzene rings is 2. The predicted molar refractivity (Wildman–Crippen MR) is 122 cm³/mol. The number of aliphatic hydroxyl groups is 1. The summed E-state index contributed by atoms with van der Waals surface area (Å²) in [6.45, 7) is 5.26. The van der Waals surface area contributed by atoms with E-state index in [9.17, 15) is 9.90 Å². The third-order valence-electron chi connectivity index (χ3n) is 6.58. The largest absolute Gasteiger partial charge is 0.457 e. The number of carbonyl (C=O) groups excluding carboxylic acids is 1. The number of rotatable bonds is 5. The van der Waals surface area contributed by atoms with Crippen LogP contribution in [-0.4, -0.2) is 58.9 Å². The molecule has 1 saturated heterocycles. The van der Waals surface area contributed by atoms with E-state index >= 15 is 0 Å². The standard InChI is InChI=1S/C25H31N3O3/c1-18-4-7-23(16-19(18)2)31-22-8-5-20(6-9-22)24(29)28-14-11-25(30,12-15-28)17-21-10-13-26-27(21)3/h4-9,13,16,21,30H,10-12,14-15,17H2,1-3H3. The van der Waals surface area contributed by atoms with E-state index in [1.807, 2.05) is 65.6 Å². The highest BCUT2D eigenvalue weighted by Gasteiger charge is 2.37. The molecule has 2 aromatic rings. The molecule has 6 nitrogen and oxygen atoms in total. The van der Waals surface area contributed by atoms with Crippen LogP contribution in [0.4, 0.5) is 0 Å². The van der Waals surface area contributed by atoms with Gasteiger partial charge in [-0.2, -0.15) is 5.10 Å². The fourth-order valence-electron chi connectivity index (χ4n) is 4.29. The SMILES string of the molecule is Cc1ccc(Oc2ccc(C(=O)N3CCC(O)(CC4CC=NN4C)CC3)cc2)cc1C. The second kappa shape index (κ2) is 8.71. The van der Waals surface area contributed by atoms with Crippen LogP contribution in [-0.2, 0) is 0 Å². The van der Waals surface area contributed by atoms with Gasteiger partial charge < -0.3 is 14.7 Å². The summed E-state index contributed by atoms with van der Waals surface area (Å²) < 4.78 is 5.92. The molecule has 1 amide bonds. The minimum atomic E-state index is -0.729. The van der Waals surface area contributed by atoms with Gasteiger partial charge in [-0.25, -0.2) is 0 Å². The van der Waals surface area contributed by atoms with Crippen LogP contribution in [0.3, 0.4) is 0 Å². The Labute approximate surface area is 184 Å². The first-order chi connectivity index (χ1) is 14.8. The molecule has 1 N–H and O–H groups in total. The van der Waals surface area contributed by atoms with Gasteiger partial charge in [0.05, 0.1) is 11.6 Å². The average Bonchev–Trinajstić information content (AvgIpc) is 3.15. The van der Waals surface area contributed by atoms with Crippen molar-refractivity contribution in [2.24, 2.45) is 5.10 Å². The normalized spacial score (nSPS) is 20.2. The number of piperidine rings is 1. The van der Waals surface area contributed by atoms with E-state index < -0.39 is 5.60 Å². The van der Waals surface area contributed by atoms with Crippen LogP contribution in [0.15, 0.2) is 47.6 Å². The zero-order chi connectivity index (χ0) is 22.0. The lowest BCUT2D eigenvalue weighted by Gasteiger charge is -2.40. The first-order valence-electron chi connectivity index (χ1n) is 11.0. The van der Waals surface area contributed by atoms with Gasteiger partial charge in [0.25, 0.3) is 5.91 Å². The van der Waals surface area contributed by atoms with Crippen LogP contribution in [0.5, 0.6) is 11.5 Å². The summed E-state index contributed by atoms with van der Waals surface area (Å²) in [6, 6.07) is 13.5. The van der Waals surface area contributed by atoms with Gasteiger partial charge in [0, 0.05) is 38.3 Å². The van der Waals surface area contributed by atoms with Crippen molar-refractivity contribution in [2.75, 3.05) is 20.1 Å². The smallest absolute Gasteiger partial charge is 0.253 e. The zero-order valence-electron chi connectivity index (χ0n) is 18.5. The van der Waals surface area contributed by atoms with Crippen LogP contribution >= 0.6 is 0 Å². The second-order valence-corrected chi connectivity index (χ2v) is 8.85. The number of hydrazone groups is 1. The van der Waals surface area contributed by atoms with Gasteiger partial charge in [0.2, 0.25) is 0 Å². The number of hydrogen-bond donors (Lipinski definition) is 1. The Morgan fingerprint density at radius 3 is 2.39 bits per heavy atom. The molecule has 0 radical (unpaired) electrons. The molecule has 164 valence electrons. The maximum absolute atomic E-state index is 12.9. The molecule has 0 aromatic heterocycles. The minimum Gasteiger partial charge on any atom is -0.457 e. The second-order valence-electron chi connectivity index (χ2n) is 8.85. The van der Waals surface area contributed by atoms with Crippen molar-refractivity contribution >= 4 is 12.1 Å². The van der Waals surface area contributed by atoms with Gasteiger partial charge in [-0.1, -0.05) is 6.07 Å². The van der Waals surface area contributed by atoms with E-state index in [1.165, 1.54) is 11.1 Å². The van der Waals surface area contributed by atoms with Crippen LogP contribution in [0.1, 0.15) is 47.2 Å². The van der Waals surface area contributed by atoms with Crippen LogP contribution in [0.2, 0.25) is 0 Å². The molecule has 1 atom stereocenters. The van der Waals surface area contributed by atoms with Gasteiger partial charge in [-0.05, 0) is 80.6 Å². The maximum atomic E-state index is 12.9. The molecule has 31 heavy (non-hydrogen) atoms. The molecule has 1 unspecified atom stereocenters. The van der Waals surface area contributed by atoms with Gasteiger partial charge in [0.15, 0.2) is 0 Å². The number of carbonyl (C=O) groups is 1. The number of amides is 1. The molecule has 0 spiro atoms. The third-order valence-corrected chi connectivity index (χ3v) is 6.58. The summed E-state index contributed by atoms with van der Waals surface area (Å²) >= 11 is 0. The third kappa shape index (κ3) is 4.90. The molecule has 2 heterocycles. The minimum absolute atomic E-state index is 0.00102. The Kier molecular flexibility index (Phi) is 6.01. The van der Waals surface area contributed by atoms with Gasteiger partial charge in [-0.15, -0.1) is 0 Å². The van der Waals surface area contributed by atoms with Gasteiger partial charge in [0.1, 0.15) is 11.5 Å². The zero-order valence-corrected chi connectivity index (χ0v) is 18.5. The maximum Gasteiger partial charge on any atom is 0.253 e. The average molecular weight is 422 g/mol. The summed E-state index contributed by atoms with van der Waals surface area (Å²) in [5.41, 5.74) is 2.32. The topological polar surface area (TPSA) is 65.4 Å². The number of aryl methyl sites for hydroxylation is 2. The Bertz CT molecular complexity index is 962. The molecule has 2 aromatic carbocycles. The number of hydrogen-bond acceptors (Lipinski definition) is 5. The van der Waals surface area contributed by atoms with Crippen molar-refractivity contribution in [3.8, 4) is 11.5 Å². The summed E-state index contributed by atoms with van der Waals surface area (Å²) in [4.78, 5) is 14.8. The van der Waals surface area contributed by atoms with Crippen molar-refractivity contribution < 1.29 is 14.6 Å². The molecule has 4 rings (SSSR count). The summed E-state index contributed by atoms with van der Waals surface area (Å²) in [6.07, 6.45) is 4.65. The first kappa shape index (κ1) is 21.4. The predicted octanol–water partition coefficient (Wildman–Crippen LogP) is 4.14. The molecule has 1 fully saturated rings. The summed E-state index contributed by atoms with van der Waals surface area (Å²) in [5, 5.41) is 17.2. The molecule has 6 heteroatoms. The Balaban J connectivity index is 1.33. The highest BCUT2D eigenvalue weighted by molar-refractivity contribution is 5.94. The van der Waals surface area contributed by atoms with Crippen molar-refractivity contribution in [2.45, 2.75) is 51.2 Å². The van der Waals surface area contributed by atoms with Gasteiger partial charge >= 0.3 is 0 Å². The Morgan fingerprint density at radius 2 is 1.77 bits per heavy atom. The molecular formula is C25H31N3O3. The number of likely N-dealkylation sites (tertiary alicyclic amines) is 1. The quantitative estimate of drug-likeness (QED) is 0.788. The lowest BCUT2D eigenvalue weighted by atomic mass is 9.84. The fourth-order valence-corrected chi connectivity index (χ4v) is 4.29. The van der Waals surface area contributed by atoms with E-state index in [2.05, 4.69) is 18.9 Å². The molecule has 2 aliphatic heterocycles. The van der Waals surface area contributed by atoms with E-state index in [-0.39, 0.29) is 11.9 Å². The molecule has 0 bridgehead atoms. The monoisotopic (exact) mass is 421 g/mol. The van der Waals surface area contributed by atoms with Crippen molar-refractivity contribution in [3.63, 3.8) is 0 Å². The Morgan fingerprint density at radius 1 is 1.10 bits per heavy atom. The van der Waals surface area contributed by atoms with Crippen molar-refractivity contribution in [1.82, 2.24) is 9.91 Å². The van der Waals surface area contributed by atoms with E-state index in [4.69, 9.17) is 4.74 Å². The van der Waals surface area contributed by atoms with Crippen molar-refractivity contribution in [1.29, 1.82) is 0 Å². The fraction of sp³-hybridized carbons (Fsp3) is 0.440. The van der Waals surface area contributed by atoms with Crippen LogP contribution in [0, 0.1) is 13.8 Å². The summed E-state index contributed by atoms with van der Waals surface area (Å²) in [7, 11) is 1.95. The summed E-state index contributed by atoms with van der Waals surface area (Å²) in [5.74, 6) is 1.49. The van der Waals surface area contributed by atoms with E-state index in [0.29, 0.717) is 43.7 Å². The van der Waals surface area contributed by atoms with Crippen LogP contribution in [0.25, 0.3) is 0 Å². The lowest BCUT2D eigenvalue weighted by molar-refractivity contribution is -0.0368. The van der Waals surface area contributed by atoms with Gasteiger partial charge in [-0.3, -0.25) is 9.80 Å². The van der Waals surface area contributed by atoms with Crippen LogP contribution < -0.4 is 4.74 Å². The highest BCUT2D eigenvalue weighted by Crippen LogP contribution is 2.31.